The summed E-state index contributed by atoms with van der Waals surface area (Å²) >= 11 is 0. The molecule has 3 rings (SSSR count). The van der Waals surface area contributed by atoms with E-state index < -0.39 is 29.1 Å². The third kappa shape index (κ3) is 4.09. The van der Waals surface area contributed by atoms with Crippen molar-refractivity contribution < 1.29 is 23.1 Å². The quantitative estimate of drug-likeness (QED) is 0.622. The molecular formula is C20H16F2N6O3. The molecule has 158 valence electrons. The lowest BCUT2D eigenvalue weighted by molar-refractivity contribution is 0.0518. The summed E-state index contributed by atoms with van der Waals surface area (Å²) in [5.74, 6) is -3.91. The highest BCUT2D eigenvalue weighted by Gasteiger charge is 2.23. The second-order valence-electron chi connectivity index (χ2n) is 6.34. The van der Waals surface area contributed by atoms with Gasteiger partial charge in [0.15, 0.2) is 11.5 Å². The standard InChI is InChI=1S/C20H16F2N6O3/c1-4-31-20(30)17-11(3)28(27-26-17)18-12(9-23)10(2)8-15(24-18)25-19(29)16-13(21)6-5-7-14(16)22/h5-8H,4H2,1-3H3,(H,24,25,29). The van der Waals surface area contributed by atoms with Crippen molar-refractivity contribution in [1.82, 2.24) is 20.0 Å². The van der Waals surface area contributed by atoms with Crippen LogP contribution in [0, 0.1) is 36.8 Å². The number of aryl methyl sites for hydroxylation is 1. The Hall–Kier alpha value is -4.20. The van der Waals surface area contributed by atoms with Crippen molar-refractivity contribution in [2.24, 2.45) is 0 Å². The van der Waals surface area contributed by atoms with E-state index in [1.54, 1.807) is 13.8 Å². The first-order chi connectivity index (χ1) is 14.8. The van der Waals surface area contributed by atoms with Crippen LogP contribution in [-0.2, 0) is 4.74 Å². The number of benzene rings is 1. The molecule has 3 aromatic rings. The van der Waals surface area contributed by atoms with E-state index in [9.17, 15) is 23.6 Å². The monoisotopic (exact) mass is 426 g/mol. The fourth-order valence-electron chi connectivity index (χ4n) is 2.82. The zero-order valence-electron chi connectivity index (χ0n) is 16.7. The lowest BCUT2D eigenvalue weighted by atomic mass is 10.1. The number of amides is 1. The first kappa shape index (κ1) is 21.5. The first-order valence-corrected chi connectivity index (χ1v) is 9.05. The SMILES string of the molecule is CCOC(=O)c1nnn(-c2nc(NC(=O)c3c(F)cccc3F)cc(C)c2C#N)c1C. The van der Waals surface area contributed by atoms with Gasteiger partial charge in [-0.25, -0.2) is 18.6 Å². The smallest absolute Gasteiger partial charge is 0.360 e. The molecule has 0 atom stereocenters. The average Bonchev–Trinajstić information content (AvgIpc) is 3.09. The number of hydrogen-bond donors (Lipinski definition) is 1. The minimum atomic E-state index is -1.05. The van der Waals surface area contributed by atoms with E-state index in [1.165, 1.54) is 13.0 Å². The summed E-state index contributed by atoms with van der Waals surface area (Å²) in [4.78, 5) is 28.6. The molecule has 0 aliphatic heterocycles. The van der Waals surface area contributed by atoms with E-state index in [-0.39, 0.29) is 35.2 Å². The number of aromatic nitrogens is 4. The third-order valence-corrected chi connectivity index (χ3v) is 4.30. The number of nitrogens with one attached hydrogen (secondary N) is 1. The van der Waals surface area contributed by atoms with Gasteiger partial charge in [0.05, 0.1) is 17.9 Å². The molecule has 0 bridgehead atoms. The maximum atomic E-state index is 13.9. The lowest BCUT2D eigenvalue weighted by Crippen LogP contribution is -2.18. The van der Waals surface area contributed by atoms with Gasteiger partial charge in [-0.3, -0.25) is 4.79 Å². The predicted molar refractivity (Wildman–Crippen MR) is 104 cm³/mol. The Kier molecular flexibility index (Phi) is 6.01. The van der Waals surface area contributed by atoms with Gasteiger partial charge in [-0.05, 0) is 44.5 Å². The molecule has 0 unspecified atom stereocenters. The van der Waals surface area contributed by atoms with Gasteiger partial charge in [0.1, 0.15) is 29.1 Å². The molecule has 0 aliphatic rings. The molecule has 9 nitrogen and oxygen atoms in total. The summed E-state index contributed by atoms with van der Waals surface area (Å²) in [6.45, 7) is 4.90. The van der Waals surface area contributed by atoms with Crippen LogP contribution in [0.4, 0.5) is 14.6 Å². The van der Waals surface area contributed by atoms with Crippen LogP contribution in [-0.4, -0.2) is 38.5 Å². The molecular weight excluding hydrogens is 410 g/mol. The Balaban J connectivity index is 2.05. The van der Waals surface area contributed by atoms with E-state index in [0.29, 0.717) is 5.56 Å². The number of hydrogen-bond acceptors (Lipinski definition) is 7. The maximum absolute atomic E-state index is 13.9. The molecule has 0 saturated heterocycles. The van der Waals surface area contributed by atoms with Crippen molar-refractivity contribution in [2.75, 3.05) is 11.9 Å². The summed E-state index contributed by atoms with van der Waals surface area (Å²) in [6, 6.07) is 6.40. The van der Waals surface area contributed by atoms with Crippen molar-refractivity contribution in [3.05, 3.63) is 64.0 Å². The zero-order valence-corrected chi connectivity index (χ0v) is 16.7. The lowest BCUT2D eigenvalue weighted by Gasteiger charge is -2.12. The van der Waals surface area contributed by atoms with Crippen LogP contribution in [0.3, 0.4) is 0 Å². The fourth-order valence-corrected chi connectivity index (χ4v) is 2.82. The van der Waals surface area contributed by atoms with Gasteiger partial charge in [0, 0.05) is 0 Å². The van der Waals surface area contributed by atoms with Gasteiger partial charge in [0.25, 0.3) is 5.91 Å². The summed E-state index contributed by atoms with van der Waals surface area (Å²) in [5.41, 5.74) is -0.0594. The predicted octanol–water partition coefficient (Wildman–Crippen LogP) is 2.86. The number of anilines is 1. The molecule has 0 radical (unpaired) electrons. The van der Waals surface area contributed by atoms with Gasteiger partial charge < -0.3 is 10.1 Å². The summed E-state index contributed by atoms with van der Waals surface area (Å²) in [5, 5.41) is 19.5. The van der Waals surface area contributed by atoms with Crippen LogP contribution in [0.25, 0.3) is 5.82 Å². The van der Waals surface area contributed by atoms with Crippen LogP contribution < -0.4 is 5.32 Å². The molecule has 2 heterocycles. The highest BCUT2D eigenvalue weighted by atomic mass is 19.1. The van der Waals surface area contributed by atoms with E-state index in [0.717, 1.165) is 22.9 Å². The van der Waals surface area contributed by atoms with E-state index >= 15 is 0 Å². The van der Waals surface area contributed by atoms with Gasteiger partial charge >= 0.3 is 5.97 Å². The van der Waals surface area contributed by atoms with Crippen molar-refractivity contribution in [2.45, 2.75) is 20.8 Å². The first-order valence-electron chi connectivity index (χ1n) is 9.05. The second kappa shape index (κ2) is 8.66. The van der Waals surface area contributed by atoms with Crippen LogP contribution in [0.2, 0.25) is 0 Å². The van der Waals surface area contributed by atoms with Gasteiger partial charge in [-0.15, -0.1) is 5.10 Å². The summed E-state index contributed by atoms with van der Waals surface area (Å²) in [6.07, 6.45) is 0. The normalized spacial score (nSPS) is 10.5. The van der Waals surface area contributed by atoms with Crippen molar-refractivity contribution >= 4 is 17.7 Å². The molecule has 0 fully saturated rings. The molecule has 0 saturated carbocycles. The Bertz CT molecular complexity index is 1210. The molecule has 1 N–H and O–H groups in total. The number of rotatable bonds is 5. The second-order valence-corrected chi connectivity index (χ2v) is 6.34. The molecule has 31 heavy (non-hydrogen) atoms. The largest absolute Gasteiger partial charge is 0.461 e. The highest BCUT2D eigenvalue weighted by Crippen LogP contribution is 2.22. The van der Waals surface area contributed by atoms with Crippen molar-refractivity contribution in [3.63, 3.8) is 0 Å². The number of esters is 1. The number of halogens is 2. The number of carbonyl (C=O) groups is 2. The minimum absolute atomic E-state index is 0.0210. The van der Waals surface area contributed by atoms with E-state index in [2.05, 4.69) is 20.6 Å². The van der Waals surface area contributed by atoms with Crippen LogP contribution in [0.15, 0.2) is 24.3 Å². The Morgan fingerprint density at radius 3 is 2.55 bits per heavy atom. The molecule has 2 aromatic heterocycles. The topological polar surface area (TPSA) is 123 Å². The van der Waals surface area contributed by atoms with Crippen molar-refractivity contribution in [1.29, 1.82) is 5.26 Å². The van der Waals surface area contributed by atoms with E-state index in [1.807, 2.05) is 6.07 Å². The van der Waals surface area contributed by atoms with Crippen LogP contribution in [0.1, 0.15) is 44.6 Å². The number of nitrogens with zero attached hydrogens (tertiary/aromatic N) is 5. The summed E-state index contributed by atoms with van der Waals surface area (Å²) < 4.78 is 33.9. The molecule has 1 amide bonds. The number of ether oxygens (including phenoxy) is 1. The molecule has 1 aromatic carbocycles. The Labute approximate surface area is 175 Å². The molecule has 0 aliphatic carbocycles. The van der Waals surface area contributed by atoms with E-state index in [4.69, 9.17) is 4.74 Å². The van der Waals surface area contributed by atoms with Gasteiger partial charge in [0.2, 0.25) is 0 Å². The van der Waals surface area contributed by atoms with Crippen molar-refractivity contribution in [3.8, 4) is 11.9 Å². The number of pyridine rings is 1. The Morgan fingerprint density at radius 1 is 1.26 bits per heavy atom. The number of carbonyl (C=O) groups excluding carboxylic acids is 2. The average molecular weight is 426 g/mol. The van der Waals surface area contributed by atoms with Gasteiger partial charge in [-0.1, -0.05) is 11.3 Å². The highest BCUT2D eigenvalue weighted by molar-refractivity contribution is 6.04. The minimum Gasteiger partial charge on any atom is -0.461 e. The number of nitriles is 1. The Morgan fingerprint density at radius 2 is 1.94 bits per heavy atom. The fraction of sp³-hybridized carbons (Fsp3) is 0.200. The summed E-state index contributed by atoms with van der Waals surface area (Å²) in [7, 11) is 0. The maximum Gasteiger partial charge on any atom is 0.360 e. The third-order valence-electron chi connectivity index (χ3n) is 4.30. The zero-order chi connectivity index (χ0) is 22.7. The van der Waals surface area contributed by atoms with Gasteiger partial charge in [-0.2, -0.15) is 9.94 Å². The van der Waals surface area contributed by atoms with Crippen LogP contribution >= 0.6 is 0 Å². The van der Waals surface area contributed by atoms with Crippen LogP contribution in [0.5, 0.6) is 0 Å². The molecule has 11 heteroatoms. The molecule has 0 spiro atoms.